The van der Waals surface area contributed by atoms with Crippen LogP contribution >= 0.6 is 0 Å². The molecule has 1 aromatic rings. The van der Waals surface area contributed by atoms with Crippen LogP contribution in [0.4, 0.5) is 10.1 Å². The third kappa shape index (κ3) is 2.10. The number of amides is 1. The lowest BCUT2D eigenvalue weighted by Crippen LogP contribution is -2.49. The first-order valence-electron chi connectivity index (χ1n) is 6.26. The summed E-state index contributed by atoms with van der Waals surface area (Å²) >= 11 is 0. The third-order valence-electron chi connectivity index (χ3n) is 3.53. The molecule has 1 N–H and O–H groups in total. The Kier molecular flexibility index (Phi) is 2.79. The minimum atomic E-state index is -0.415. The molecule has 98 valence electrons. The van der Waals surface area contributed by atoms with Gasteiger partial charge in [-0.1, -0.05) is 5.73 Å². The zero-order valence-electron chi connectivity index (χ0n) is 10.7. The summed E-state index contributed by atoms with van der Waals surface area (Å²) in [4.78, 5) is 18.4. The number of aromatic amines is 1. The fraction of sp³-hybridized carbons (Fsp3) is 0.357. The first-order chi connectivity index (χ1) is 9.15. The van der Waals surface area contributed by atoms with Crippen LogP contribution in [0.1, 0.15) is 6.92 Å². The van der Waals surface area contributed by atoms with Crippen molar-refractivity contribution in [3.8, 4) is 0 Å². The third-order valence-corrected chi connectivity index (χ3v) is 3.53. The van der Waals surface area contributed by atoms with E-state index in [0.29, 0.717) is 13.1 Å². The van der Waals surface area contributed by atoms with Gasteiger partial charge in [-0.3, -0.25) is 4.79 Å². The maximum atomic E-state index is 13.1. The molecule has 0 aromatic carbocycles. The van der Waals surface area contributed by atoms with Gasteiger partial charge in [0.1, 0.15) is 0 Å². The smallest absolute Gasteiger partial charge is 0.219 e. The van der Waals surface area contributed by atoms with Gasteiger partial charge in [0.05, 0.1) is 16.3 Å². The number of piperazine rings is 1. The van der Waals surface area contributed by atoms with Crippen LogP contribution in [0.3, 0.4) is 0 Å². The number of nitrogens with one attached hydrogen (secondary N) is 1. The highest BCUT2D eigenvalue weighted by Crippen LogP contribution is 2.10. The molecule has 4 nitrogen and oxygen atoms in total. The number of halogens is 1. The number of anilines is 1. The lowest BCUT2D eigenvalue weighted by atomic mass is 10.2. The van der Waals surface area contributed by atoms with E-state index in [-0.39, 0.29) is 5.91 Å². The molecule has 19 heavy (non-hydrogen) atoms. The van der Waals surface area contributed by atoms with Crippen molar-refractivity contribution >= 4 is 23.4 Å². The van der Waals surface area contributed by atoms with Gasteiger partial charge in [0.15, 0.2) is 5.83 Å². The van der Waals surface area contributed by atoms with Gasteiger partial charge in [0, 0.05) is 45.4 Å². The predicted molar refractivity (Wildman–Crippen MR) is 70.5 cm³/mol. The van der Waals surface area contributed by atoms with Crippen molar-refractivity contribution in [2.75, 3.05) is 31.1 Å². The van der Waals surface area contributed by atoms with E-state index in [1.54, 1.807) is 6.92 Å². The molecular weight excluding hydrogens is 245 g/mol. The van der Waals surface area contributed by atoms with Gasteiger partial charge in [-0.25, -0.2) is 0 Å². The second-order valence-electron chi connectivity index (χ2n) is 4.70. The monoisotopic (exact) mass is 259 g/mol. The number of fused-ring (bicyclic) bond motifs is 1. The molecule has 0 saturated carbocycles. The summed E-state index contributed by atoms with van der Waals surface area (Å²) in [6, 6.07) is 0. The van der Waals surface area contributed by atoms with Crippen molar-refractivity contribution in [1.29, 1.82) is 0 Å². The molecule has 1 aliphatic heterocycles. The van der Waals surface area contributed by atoms with E-state index in [1.807, 2.05) is 11.1 Å². The van der Waals surface area contributed by atoms with Crippen LogP contribution < -0.4 is 15.5 Å². The highest BCUT2D eigenvalue weighted by molar-refractivity contribution is 5.73. The van der Waals surface area contributed by atoms with Crippen LogP contribution in [0, 0.1) is 0 Å². The Hall–Kier alpha value is -2.22. The maximum absolute atomic E-state index is 13.1. The zero-order valence-corrected chi connectivity index (χ0v) is 10.7. The van der Waals surface area contributed by atoms with Crippen LogP contribution in [0.15, 0.2) is 17.8 Å². The van der Waals surface area contributed by atoms with E-state index in [1.165, 1.54) is 6.08 Å². The van der Waals surface area contributed by atoms with E-state index in [0.717, 1.165) is 29.3 Å². The number of carbonyl (C=O) groups is 1. The van der Waals surface area contributed by atoms with Crippen LogP contribution in [0.5, 0.6) is 0 Å². The number of nitrogens with zero attached hydrogens (tertiary/aromatic N) is 2. The second-order valence-corrected chi connectivity index (χ2v) is 4.70. The minimum Gasteiger partial charge on any atom is -0.366 e. The van der Waals surface area contributed by atoms with Crippen molar-refractivity contribution in [1.82, 2.24) is 9.88 Å². The van der Waals surface area contributed by atoms with Gasteiger partial charge in [-0.2, -0.15) is 4.39 Å². The van der Waals surface area contributed by atoms with Crippen molar-refractivity contribution in [3.63, 3.8) is 0 Å². The molecule has 0 bridgehead atoms. The fourth-order valence-electron chi connectivity index (χ4n) is 2.47. The summed E-state index contributed by atoms with van der Waals surface area (Å²) in [6.45, 7) is 4.57. The van der Waals surface area contributed by atoms with E-state index in [2.05, 4.69) is 21.3 Å². The highest BCUT2D eigenvalue weighted by atomic mass is 19.1. The normalized spacial score (nSPS) is 17.5. The summed E-state index contributed by atoms with van der Waals surface area (Å²) in [7, 11) is 0. The number of hydrogen-bond acceptors (Lipinski definition) is 2. The second kappa shape index (κ2) is 4.47. The lowest BCUT2D eigenvalue weighted by Gasteiger charge is -2.35. The highest BCUT2D eigenvalue weighted by Gasteiger charge is 2.20. The van der Waals surface area contributed by atoms with Crippen molar-refractivity contribution in [2.45, 2.75) is 6.92 Å². The van der Waals surface area contributed by atoms with Gasteiger partial charge in [0.2, 0.25) is 5.91 Å². The Balaban J connectivity index is 1.90. The molecule has 1 fully saturated rings. The Morgan fingerprint density at radius 1 is 1.32 bits per heavy atom. The number of allylic oxidation sites excluding steroid dienone is 1. The first kappa shape index (κ1) is 11.8. The van der Waals surface area contributed by atoms with Gasteiger partial charge in [0.25, 0.3) is 0 Å². The van der Waals surface area contributed by atoms with E-state index in [4.69, 9.17) is 0 Å². The Morgan fingerprint density at radius 2 is 2.05 bits per heavy atom. The Labute approximate surface area is 109 Å². The number of rotatable bonds is 1. The summed E-state index contributed by atoms with van der Waals surface area (Å²) in [5, 5.41) is 1.57. The molecule has 1 aromatic heterocycles. The molecule has 2 aliphatic rings. The Bertz CT molecular complexity index is 712. The van der Waals surface area contributed by atoms with E-state index < -0.39 is 5.83 Å². The minimum absolute atomic E-state index is 0.112. The van der Waals surface area contributed by atoms with Crippen LogP contribution in [-0.4, -0.2) is 42.0 Å². The maximum Gasteiger partial charge on any atom is 0.219 e. The molecular formula is C14H14FN3O. The molecule has 0 radical (unpaired) electrons. The van der Waals surface area contributed by atoms with Crippen LogP contribution in [0.25, 0.3) is 11.8 Å². The average molecular weight is 259 g/mol. The average Bonchev–Trinajstić information content (AvgIpc) is 2.81. The molecule has 1 saturated heterocycles. The molecule has 1 amide bonds. The number of hydrogen-bond donors (Lipinski definition) is 1. The van der Waals surface area contributed by atoms with E-state index in [9.17, 15) is 9.18 Å². The summed E-state index contributed by atoms with van der Waals surface area (Å²) in [6.07, 6.45) is 3.28. The van der Waals surface area contributed by atoms with Gasteiger partial charge >= 0.3 is 0 Å². The molecule has 2 heterocycles. The zero-order chi connectivity index (χ0) is 13.4. The summed E-state index contributed by atoms with van der Waals surface area (Å²) < 4.78 is 13.1. The van der Waals surface area contributed by atoms with Crippen LogP contribution in [0.2, 0.25) is 0 Å². The Morgan fingerprint density at radius 3 is 2.74 bits per heavy atom. The summed E-state index contributed by atoms with van der Waals surface area (Å²) in [5.74, 6) is -0.303. The molecule has 0 atom stereocenters. The SMILES string of the molecule is CC(=O)N1CCN(c2c[nH]c3c2=C=C=C(F)C=3)CC1. The predicted octanol–water partition coefficient (Wildman–Crippen LogP) is -0.135. The molecule has 0 unspecified atom stereocenters. The summed E-state index contributed by atoms with van der Waals surface area (Å²) in [5.41, 5.74) is 6.30. The quantitative estimate of drug-likeness (QED) is 0.713. The van der Waals surface area contributed by atoms with Crippen molar-refractivity contribution in [2.24, 2.45) is 0 Å². The van der Waals surface area contributed by atoms with E-state index >= 15 is 0 Å². The number of H-pyrrole nitrogens is 1. The number of aromatic nitrogens is 1. The molecule has 5 heteroatoms. The van der Waals surface area contributed by atoms with Gasteiger partial charge in [-0.05, 0) is 5.73 Å². The molecule has 3 rings (SSSR count). The van der Waals surface area contributed by atoms with Crippen molar-refractivity contribution in [3.05, 3.63) is 28.3 Å². The molecule has 1 aliphatic carbocycles. The molecule has 0 spiro atoms. The largest absolute Gasteiger partial charge is 0.366 e. The lowest BCUT2D eigenvalue weighted by molar-refractivity contribution is -0.129. The number of carbonyl (C=O) groups excluding carboxylic acids is 1. The van der Waals surface area contributed by atoms with Crippen molar-refractivity contribution < 1.29 is 9.18 Å². The fourth-order valence-corrected chi connectivity index (χ4v) is 2.47. The topological polar surface area (TPSA) is 39.3 Å². The first-order valence-corrected chi connectivity index (χ1v) is 6.26. The van der Waals surface area contributed by atoms with Gasteiger partial charge in [-0.15, -0.1) is 0 Å². The van der Waals surface area contributed by atoms with Crippen LogP contribution in [-0.2, 0) is 4.79 Å². The van der Waals surface area contributed by atoms with Gasteiger partial charge < -0.3 is 14.8 Å². The standard InChI is InChI=1S/C14H14FN3O/c1-10(19)17-4-6-18(7-5-17)14-9-16-13-8-11(15)2-3-12(13)14/h8-9,16H,4-7H2,1H3.